The van der Waals surface area contributed by atoms with Gasteiger partial charge in [-0.2, -0.15) is 0 Å². The number of nitrogen functional groups attached to an aromatic ring is 1. The molecular weight excluding hydrogens is 430 g/mol. The van der Waals surface area contributed by atoms with E-state index >= 15 is 0 Å². The number of aromatic amines is 1. The molecule has 0 spiro atoms. The Hall–Kier alpha value is -4.66. The summed E-state index contributed by atoms with van der Waals surface area (Å²) in [7, 11) is 0. The molecule has 0 unspecified atom stereocenters. The molecule has 6 rings (SSSR count). The van der Waals surface area contributed by atoms with Crippen LogP contribution in [0.5, 0.6) is 0 Å². The van der Waals surface area contributed by atoms with Crippen molar-refractivity contribution >= 4 is 22.5 Å². The minimum absolute atomic E-state index is 0.0742. The number of rotatable bonds is 4. The minimum atomic E-state index is -0.386. The Morgan fingerprint density at radius 1 is 1.09 bits per heavy atom. The zero-order chi connectivity index (χ0) is 23.4. The van der Waals surface area contributed by atoms with E-state index in [2.05, 4.69) is 27.1 Å². The Morgan fingerprint density at radius 2 is 1.91 bits per heavy atom. The number of nitrogens with one attached hydrogen (secondary N) is 1. The summed E-state index contributed by atoms with van der Waals surface area (Å²) in [5, 5.41) is 5.77. The fraction of sp³-hybridized carbons (Fsp3) is 0.120. The number of nitrogens with zero attached hydrogens (tertiary/aromatic N) is 5. The van der Waals surface area contributed by atoms with Gasteiger partial charge in [-0.15, -0.1) is 5.10 Å². The molecule has 0 saturated carbocycles. The number of fused-ring (bicyclic) bond motifs is 2. The van der Waals surface area contributed by atoms with Crippen LogP contribution in [0.4, 0.5) is 5.95 Å². The molecule has 34 heavy (non-hydrogen) atoms. The van der Waals surface area contributed by atoms with Crippen molar-refractivity contribution in [3.05, 3.63) is 88.6 Å². The number of oxazole rings is 1. The standard InChI is InChI=1S/C25H21N7O2/c1-14-10-18(11-17-8-9-27-21(14)17)20-22(16-6-4-3-5-7-16)29-24(26)32-23(20)30-31(25(32)33)12-19-15(2)34-13-28-19/h3-11,13,27H,12H2,1-2H3,(H2,26,29). The average molecular weight is 451 g/mol. The third-order valence-electron chi connectivity index (χ3n) is 6.09. The molecule has 0 atom stereocenters. The third kappa shape index (κ3) is 3.01. The number of benzene rings is 2. The summed E-state index contributed by atoms with van der Waals surface area (Å²) in [6.45, 7) is 4.01. The van der Waals surface area contributed by atoms with Gasteiger partial charge in [0.25, 0.3) is 0 Å². The van der Waals surface area contributed by atoms with Crippen LogP contribution in [0.25, 0.3) is 38.9 Å². The second-order valence-electron chi connectivity index (χ2n) is 8.25. The third-order valence-corrected chi connectivity index (χ3v) is 6.09. The highest BCUT2D eigenvalue weighted by Gasteiger charge is 2.22. The van der Waals surface area contributed by atoms with Crippen molar-refractivity contribution in [1.29, 1.82) is 0 Å². The Morgan fingerprint density at radius 3 is 2.68 bits per heavy atom. The van der Waals surface area contributed by atoms with Gasteiger partial charge in [0.1, 0.15) is 11.5 Å². The summed E-state index contributed by atoms with van der Waals surface area (Å²) in [5.74, 6) is 0.707. The first-order chi connectivity index (χ1) is 16.5. The lowest BCUT2D eigenvalue weighted by molar-refractivity contribution is 0.521. The molecule has 4 aromatic heterocycles. The molecule has 0 aliphatic rings. The van der Waals surface area contributed by atoms with Crippen molar-refractivity contribution in [1.82, 2.24) is 29.1 Å². The second-order valence-corrected chi connectivity index (χ2v) is 8.25. The number of hydrogen-bond donors (Lipinski definition) is 2. The Kier molecular flexibility index (Phi) is 4.38. The maximum atomic E-state index is 13.3. The number of anilines is 1. The number of H-pyrrole nitrogens is 1. The second kappa shape index (κ2) is 7.45. The van der Waals surface area contributed by atoms with Crippen LogP contribution in [0, 0.1) is 13.8 Å². The van der Waals surface area contributed by atoms with E-state index in [1.54, 1.807) is 6.92 Å². The van der Waals surface area contributed by atoms with Gasteiger partial charge in [0, 0.05) is 22.7 Å². The number of aryl methyl sites for hydroxylation is 2. The van der Waals surface area contributed by atoms with Gasteiger partial charge in [-0.25, -0.2) is 23.8 Å². The Balaban J connectivity index is 1.69. The molecule has 0 aliphatic heterocycles. The molecule has 3 N–H and O–H groups in total. The van der Waals surface area contributed by atoms with Gasteiger partial charge in [0.2, 0.25) is 5.95 Å². The lowest BCUT2D eigenvalue weighted by Gasteiger charge is -2.13. The maximum absolute atomic E-state index is 13.3. The predicted octanol–water partition coefficient (Wildman–Crippen LogP) is 3.94. The van der Waals surface area contributed by atoms with Gasteiger partial charge in [-0.3, -0.25) is 0 Å². The normalized spacial score (nSPS) is 11.6. The summed E-state index contributed by atoms with van der Waals surface area (Å²) in [6, 6.07) is 15.9. The van der Waals surface area contributed by atoms with Gasteiger partial charge in [-0.1, -0.05) is 30.3 Å². The van der Waals surface area contributed by atoms with Crippen molar-refractivity contribution in [2.24, 2.45) is 0 Å². The van der Waals surface area contributed by atoms with Crippen LogP contribution in [0.2, 0.25) is 0 Å². The van der Waals surface area contributed by atoms with Gasteiger partial charge < -0.3 is 15.1 Å². The summed E-state index contributed by atoms with van der Waals surface area (Å²) < 4.78 is 7.99. The molecule has 0 fully saturated rings. The van der Waals surface area contributed by atoms with Crippen molar-refractivity contribution in [2.75, 3.05) is 5.73 Å². The molecule has 9 heteroatoms. The summed E-state index contributed by atoms with van der Waals surface area (Å²) in [6.07, 6.45) is 3.27. The minimum Gasteiger partial charge on any atom is -0.448 e. The van der Waals surface area contributed by atoms with E-state index < -0.39 is 0 Å². The van der Waals surface area contributed by atoms with Crippen molar-refractivity contribution in [2.45, 2.75) is 20.4 Å². The highest BCUT2D eigenvalue weighted by molar-refractivity contribution is 5.96. The van der Waals surface area contributed by atoms with E-state index in [0.29, 0.717) is 22.8 Å². The first-order valence-electron chi connectivity index (χ1n) is 10.8. The van der Waals surface area contributed by atoms with E-state index in [4.69, 9.17) is 15.2 Å². The maximum Gasteiger partial charge on any atom is 0.353 e. The van der Waals surface area contributed by atoms with E-state index in [9.17, 15) is 4.79 Å². The SMILES string of the molecule is Cc1ocnc1Cn1nc2c(-c3cc(C)c4[nH]ccc4c3)c(-c3ccccc3)nc(N)n2c1=O. The van der Waals surface area contributed by atoms with Gasteiger partial charge in [-0.05, 0) is 43.2 Å². The fourth-order valence-electron chi connectivity index (χ4n) is 4.40. The number of nitrogens with two attached hydrogens (primary N) is 1. The van der Waals surface area contributed by atoms with Crippen molar-refractivity contribution in [3.8, 4) is 22.4 Å². The first-order valence-corrected chi connectivity index (χ1v) is 10.8. The van der Waals surface area contributed by atoms with Crippen molar-refractivity contribution < 1.29 is 4.42 Å². The molecule has 0 bridgehead atoms. The van der Waals surface area contributed by atoms with Crippen LogP contribution < -0.4 is 11.4 Å². The van der Waals surface area contributed by atoms with Crippen LogP contribution in [0.1, 0.15) is 17.0 Å². The largest absolute Gasteiger partial charge is 0.448 e. The van der Waals surface area contributed by atoms with Gasteiger partial charge in [0.15, 0.2) is 12.0 Å². The lowest BCUT2D eigenvalue weighted by atomic mass is 9.97. The molecular formula is C25H21N7O2. The van der Waals surface area contributed by atoms with E-state index in [1.165, 1.54) is 15.5 Å². The number of aromatic nitrogens is 6. The predicted molar refractivity (Wildman–Crippen MR) is 129 cm³/mol. The Labute approximate surface area is 193 Å². The smallest absolute Gasteiger partial charge is 0.353 e. The monoisotopic (exact) mass is 451 g/mol. The van der Waals surface area contributed by atoms with Crippen LogP contribution in [-0.2, 0) is 6.54 Å². The van der Waals surface area contributed by atoms with E-state index in [-0.39, 0.29) is 18.2 Å². The molecule has 2 aromatic carbocycles. The summed E-state index contributed by atoms with van der Waals surface area (Å²) in [5.41, 5.74) is 12.3. The fourth-order valence-corrected chi connectivity index (χ4v) is 4.40. The van der Waals surface area contributed by atoms with Crippen LogP contribution >= 0.6 is 0 Å². The highest BCUT2D eigenvalue weighted by atomic mass is 16.3. The topological polar surface area (TPSA) is 120 Å². The zero-order valence-corrected chi connectivity index (χ0v) is 18.6. The van der Waals surface area contributed by atoms with Gasteiger partial charge in [0.05, 0.1) is 17.8 Å². The van der Waals surface area contributed by atoms with Gasteiger partial charge >= 0.3 is 5.69 Å². The van der Waals surface area contributed by atoms with E-state index in [1.807, 2.05) is 49.5 Å². The number of hydrogen-bond acceptors (Lipinski definition) is 6. The highest BCUT2D eigenvalue weighted by Crippen LogP contribution is 2.36. The van der Waals surface area contributed by atoms with Crippen molar-refractivity contribution in [3.63, 3.8) is 0 Å². The Bertz CT molecular complexity index is 1740. The first kappa shape index (κ1) is 20.0. The van der Waals surface area contributed by atoms with Crippen LogP contribution in [0.3, 0.4) is 0 Å². The molecule has 4 heterocycles. The molecule has 0 radical (unpaired) electrons. The molecule has 6 aromatic rings. The molecule has 0 amide bonds. The van der Waals surface area contributed by atoms with E-state index in [0.717, 1.165) is 33.2 Å². The zero-order valence-electron chi connectivity index (χ0n) is 18.6. The molecule has 168 valence electrons. The van der Waals surface area contributed by atoms with Crippen LogP contribution in [-0.4, -0.2) is 29.1 Å². The molecule has 9 nitrogen and oxygen atoms in total. The lowest BCUT2D eigenvalue weighted by Crippen LogP contribution is -2.24. The molecule has 0 aliphatic carbocycles. The molecule has 0 saturated heterocycles. The summed E-state index contributed by atoms with van der Waals surface area (Å²) >= 11 is 0. The average Bonchev–Trinajstić information content (AvgIpc) is 3.55. The quantitative estimate of drug-likeness (QED) is 0.419. The van der Waals surface area contributed by atoms with Crippen LogP contribution in [0.15, 0.2) is 70.3 Å². The summed E-state index contributed by atoms with van der Waals surface area (Å²) in [4.78, 5) is 25.5.